The number of benzene rings is 2. The summed E-state index contributed by atoms with van der Waals surface area (Å²) < 4.78 is 0. The lowest BCUT2D eigenvalue weighted by molar-refractivity contribution is 0.188. The van der Waals surface area contributed by atoms with E-state index in [-0.39, 0.29) is 6.61 Å². The zero-order chi connectivity index (χ0) is 28.4. The predicted molar refractivity (Wildman–Crippen MR) is 163 cm³/mol. The van der Waals surface area contributed by atoms with Crippen LogP contribution in [0, 0.1) is 13.8 Å². The molecular weight excluding hydrogens is 540 g/mol. The van der Waals surface area contributed by atoms with E-state index in [0.717, 1.165) is 54.6 Å². The molecule has 1 saturated heterocycles. The number of hydrogen-bond donors (Lipinski definition) is 5. The molecule has 0 amide bonds. The summed E-state index contributed by atoms with van der Waals surface area (Å²) in [4.78, 5) is 23.0. The number of nitrogens with zero attached hydrogens (tertiary/aromatic N) is 6. The highest BCUT2D eigenvalue weighted by Crippen LogP contribution is 2.41. The van der Waals surface area contributed by atoms with Gasteiger partial charge in [0.15, 0.2) is 0 Å². The van der Waals surface area contributed by atoms with Gasteiger partial charge in [0.25, 0.3) is 0 Å². The number of aryl methyl sites for hydroxylation is 2. The Balaban J connectivity index is 1.29. The summed E-state index contributed by atoms with van der Waals surface area (Å²) in [5.74, 6) is 1.77. The van der Waals surface area contributed by atoms with Gasteiger partial charge in [0.05, 0.1) is 28.7 Å². The highest BCUT2D eigenvalue weighted by Gasteiger charge is 2.40. The van der Waals surface area contributed by atoms with Crippen LogP contribution in [0.25, 0.3) is 0 Å². The molecule has 0 bridgehead atoms. The van der Waals surface area contributed by atoms with Crippen molar-refractivity contribution in [3.05, 3.63) is 83.0 Å². The fourth-order valence-electron chi connectivity index (χ4n) is 5.25. The van der Waals surface area contributed by atoms with Crippen LogP contribution in [0.5, 0.6) is 0 Å². The van der Waals surface area contributed by atoms with E-state index in [1.807, 2.05) is 68.4 Å². The van der Waals surface area contributed by atoms with Crippen molar-refractivity contribution < 1.29 is 5.11 Å². The minimum Gasteiger partial charge on any atom is -0.395 e. The van der Waals surface area contributed by atoms with Crippen molar-refractivity contribution in [3.8, 4) is 0 Å². The number of para-hydroxylation sites is 3. The average Bonchev–Trinajstić information content (AvgIpc) is 3.35. The Morgan fingerprint density at radius 3 is 2.39 bits per heavy atom. The second-order valence-corrected chi connectivity index (χ2v) is 10.6. The molecule has 0 saturated carbocycles. The van der Waals surface area contributed by atoms with Crippen molar-refractivity contribution in [2.75, 3.05) is 65.5 Å². The van der Waals surface area contributed by atoms with Gasteiger partial charge in [-0.2, -0.15) is 0 Å². The van der Waals surface area contributed by atoms with Gasteiger partial charge in [0, 0.05) is 44.9 Å². The van der Waals surface area contributed by atoms with E-state index in [9.17, 15) is 5.11 Å². The highest BCUT2D eigenvalue weighted by molar-refractivity contribution is 6.33. The molecule has 0 spiro atoms. The van der Waals surface area contributed by atoms with Gasteiger partial charge in [-0.25, -0.2) is 19.9 Å². The smallest absolute Gasteiger partial charge is 0.230 e. The van der Waals surface area contributed by atoms with Crippen LogP contribution in [0.15, 0.2) is 60.9 Å². The Morgan fingerprint density at radius 1 is 0.927 bits per heavy atom. The van der Waals surface area contributed by atoms with E-state index in [4.69, 9.17) is 11.6 Å². The van der Waals surface area contributed by atoms with Crippen molar-refractivity contribution in [2.45, 2.75) is 19.6 Å². The second-order valence-electron chi connectivity index (χ2n) is 10.2. The van der Waals surface area contributed by atoms with E-state index >= 15 is 0 Å². The van der Waals surface area contributed by atoms with Crippen LogP contribution >= 0.6 is 11.6 Å². The minimum atomic E-state index is -0.986. The molecule has 2 aromatic heterocycles. The van der Waals surface area contributed by atoms with Crippen LogP contribution in [-0.2, 0) is 5.79 Å². The van der Waals surface area contributed by atoms with Crippen molar-refractivity contribution in [1.29, 1.82) is 0 Å². The average molecular weight is 573 g/mol. The first-order valence-electron chi connectivity index (χ1n) is 13.6. The summed E-state index contributed by atoms with van der Waals surface area (Å²) in [7, 11) is 0. The Bertz CT molecular complexity index is 1500. The van der Waals surface area contributed by atoms with Gasteiger partial charge < -0.3 is 31.3 Å². The molecule has 6 rings (SSSR count). The molecule has 5 N–H and O–H groups in total. The number of aliphatic hydroxyl groups excluding tert-OH is 1. The van der Waals surface area contributed by atoms with Crippen LogP contribution in [0.2, 0.25) is 5.02 Å². The Kier molecular flexibility index (Phi) is 7.48. The fourth-order valence-corrected chi connectivity index (χ4v) is 5.52. The third-order valence-corrected chi connectivity index (χ3v) is 7.67. The summed E-state index contributed by atoms with van der Waals surface area (Å²) in [6.45, 7) is 8.19. The fraction of sp³-hybridized carbons (Fsp3) is 0.310. The summed E-state index contributed by atoms with van der Waals surface area (Å²) in [6, 6.07) is 17.6. The van der Waals surface area contributed by atoms with Crippen molar-refractivity contribution in [2.24, 2.45) is 0 Å². The molecule has 41 heavy (non-hydrogen) atoms. The summed E-state index contributed by atoms with van der Waals surface area (Å²) in [6.07, 6.45) is 1.53. The number of piperazine rings is 1. The lowest BCUT2D eigenvalue weighted by atomic mass is 10.1. The lowest BCUT2D eigenvalue weighted by Crippen LogP contribution is -2.47. The number of aliphatic hydroxyl groups is 1. The molecule has 0 unspecified atom stereocenters. The lowest BCUT2D eigenvalue weighted by Gasteiger charge is -2.35. The number of fused-ring (bicyclic) bond motifs is 1. The van der Waals surface area contributed by atoms with Crippen molar-refractivity contribution in [1.82, 2.24) is 24.8 Å². The van der Waals surface area contributed by atoms with Gasteiger partial charge in [0.2, 0.25) is 5.79 Å². The zero-order valence-electron chi connectivity index (χ0n) is 23.0. The molecule has 0 atom stereocenters. The number of nitrogens with one attached hydrogen (secondary N) is 4. The summed E-state index contributed by atoms with van der Waals surface area (Å²) in [5.41, 5.74) is 4.34. The quantitative estimate of drug-likeness (QED) is 0.209. The molecule has 2 aliphatic rings. The van der Waals surface area contributed by atoms with E-state index in [2.05, 4.69) is 51.0 Å². The van der Waals surface area contributed by atoms with Gasteiger partial charge in [-0.15, -0.1) is 0 Å². The molecule has 2 aliphatic heterocycles. The molecule has 4 heterocycles. The minimum absolute atomic E-state index is 0.174. The van der Waals surface area contributed by atoms with Gasteiger partial charge >= 0.3 is 0 Å². The Hall–Kier alpha value is -4.19. The summed E-state index contributed by atoms with van der Waals surface area (Å²) >= 11 is 6.63. The third kappa shape index (κ3) is 5.69. The molecule has 1 fully saturated rings. The maximum absolute atomic E-state index is 9.25. The number of rotatable bonds is 8. The normalized spacial score (nSPS) is 16.0. The van der Waals surface area contributed by atoms with Gasteiger partial charge in [-0.05, 0) is 37.6 Å². The Labute approximate surface area is 244 Å². The number of β-amino-alcohol motifs (C(OH)–C–C–N with tert-alkyl or cyclic N) is 1. The van der Waals surface area contributed by atoms with E-state index < -0.39 is 5.79 Å². The molecule has 212 valence electrons. The maximum atomic E-state index is 9.25. The van der Waals surface area contributed by atoms with E-state index in [0.29, 0.717) is 34.7 Å². The van der Waals surface area contributed by atoms with Gasteiger partial charge in [0.1, 0.15) is 35.3 Å². The second kappa shape index (κ2) is 11.4. The first-order valence-corrected chi connectivity index (χ1v) is 14.0. The van der Waals surface area contributed by atoms with E-state index in [1.165, 1.54) is 6.33 Å². The highest BCUT2D eigenvalue weighted by atomic mass is 35.5. The standard InChI is InChI=1S/C29H33ClN10O/c1-19-6-5-7-21(30)28(19)38-29(36-22-8-3-4-9-23(22)37-29)24-16-25(32-18-31-24)35-26-17-27(34-20(2)33-26)40-12-10-39(11-13-40)14-15-41/h3-9,16-18,36-38,41H,10-15H2,1-2H3,(H,31,32,33,34,35). The van der Waals surface area contributed by atoms with Crippen LogP contribution in [0.4, 0.5) is 34.5 Å². The van der Waals surface area contributed by atoms with E-state index in [1.54, 1.807) is 0 Å². The third-order valence-electron chi connectivity index (χ3n) is 7.35. The molecule has 4 aromatic rings. The van der Waals surface area contributed by atoms with Crippen molar-refractivity contribution in [3.63, 3.8) is 0 Å². The van der Waals surface area contributed by atoms with Gasteiger partial charge in [-0.1, -0.05) is 35.9 Å². The SMILES string of the molecule is Cc1nc(Nc2cc(C3(Nc4c(C)cccc4Cl)Nc4ccccc4N3)ncn2)cc(N2CCN(CCO)CC2)n1. The zero-order valence-corrected chi connectivity index (χ0v) is 23.8. The molecule has 12 heteroatoms. The molecule has 0 aliphatic carbocycles. The number of anilines is 6. The van der Waals surface area contributed by atoms with Crippen LogP contribution < -0.4 is 26.2 Å². The first kappa shape index (κ1) is 27.0. The van der Waals surface area contributed by atoms with Gasteiger partial charge in [-0.3, -0.25) is 4.90 Å². The molecule has 11 nitrogen and oxygen atoms in total. The number of halogens is 1. The monoisotopic (exact) mass is 572 g/mol. The maximum Gasteiger partial charge on any atom is 0.230 e. The predicted octanol–water partition coefficient (Wildman–Crippen LogP) is 4.15. The first-order chi connectivity index (χ1) is 19.9. The molecule has 0 radical (unpaired) electrons. The molecular formula is C29H33ClN10O. The Morgan fingerprint density at radius 2 is 1.68 bits per heavy atom. The summed E-state index contributed by atoms with van der Waals surface area (Å²) in [5, 5.41) is 24.0. The molecule has 2 aromatic carbocycles. The van der Waals surface area contributed by atoms with Crippen LogP contribution in [0.3, 0.4) is 0 Å². The largest absolute Gasteiger partial charge is 0.395 e. The number of hydrogen-bond acceptors (Lipinski definition) is 11. The number of aromatic nitrogens is 4. The van der Waals surface area contributed by atoms with Crippen LogP contribution in [0.1, 0.15) is 17.1 Å². The topological polar surface area (TPSA) is 126 Å². The van der Waals surface area contributed by atoms with Crippen molar-refractivity contribution >= 4 is 46.1 Å². The van der Waals surface area contributed by atoms with Crippen LogP contribution in [-0.4, -0.2) is 69.3 Å².